The summed E-state index contributed by atoms with van der Waals surface area (Å²) in [5.41, 5.74) is 4.52. The largest absolute Gasteiger partial charge is 0.584 e. The highest BCUT2D eigenvalue weighted by molar-refractivity contribution is 7.48. The van der Waals surface area contributed by atoms with Gasteiger partial charge in [0.25, 0.3) is 0 Å². The van der Waals surface area contributed by atoms with Gasteiger partial charge in [0.15, 0.2) is 12.7 Å². The van der Waals surface area contributed by atoms with Crippen LogP contribution in [0.25, 0.3) is 11.1 Å². The van der Waals surface area contributed by atoms with Gasteiger partial charge in [-0.2, -0.15) is 4.57 Å². The molecule has 1 heterocycles. The first-order valence-electron chi connectivity index (χ1n) is 16.5. The SMILES string of the molecule is CCCCCCCCCCCCCCOc1ccc(OP(=O)(O)Oc2cccc(C[n+]3csc(C)c3)c2)c(-c2ccccc2)c1. The van der Waals surface area contributed by atoms with Crippen LogP contribution in [-0.4, -0.2) is 11.5 Å². The van der Waals surface area contributed by atoms with E-state index in [2.05, 4.69) is 24.6 Å². The van der Waals surface area contributed by atoms with Crippen LogP contribution < -0.4 is 18.4 Å². The Hall–Kier alpha value is -3.12. The number of phosphoric acid groups is 1. The molecule has 0 spiro atoms. The molecule has 45 heavy (non-hydrogen) atoms. The summed E-state index contributed by atoms with van der Waals surface area (Å²) in [4.78, 5) is 12.0. The fourth-order valence-corrected chi connectivity index (χ4v) is 6.83. The molecule has 0 saturated heterocycles. The van der Waals surface area contributed by atoms with Gasteiger partial charge < -0.3 is 13.8 Å². The zero-order valence-electron chi connectivity index (χ0n) is 26.9. The fraction of sp³-hybridized carbons (Fsp3) is 0.432. The number of phosphoric ester groups is 1. The summed E-state index contributed by atoms with van der Waals surface area (Å²) < 4.78 is 32.5. The van der Waals surface area contributed by atoms with Crippen LogP contribution in [0.3, 0.4) is 0 Å². The van der Waals surface area contributed by atoms with Gasteiger partial charge >= 0.3 is 7.82 Å². The zero-order valence-corrected chi connectivity index (χ0v) is 28.6. The van der Waals surface area contributed by atoms with E-state index in [9.17, 15) is 9.46 Å². The molecule has 0 fully saturated rings. The first-order valence-corrected chi connectivity index (χ1v) is 18.9. The molecule has 1 unspecified atom stereocenters. The average Bonchev–Trinajstić information content (AvgIpc) is 3.44. The number of aromatic nitrogens is 1. The molecular weight excluding hydrogens is 601 g/mol. The standard InChI is InChI=1S/C37H48NO5PS/c1-3-4-5-6-7-8-9-10-11-12-13-17-25-41-34-23-24-37(36(27-34)33-20-15-14-16-21-33)43-44(39,40)42-35-22-18-19-32(26-35)29-38-28-31(2)45-30-38/h14-16,18-24,26-28,30H,3-13,17,25,29H2,1-2H3/p+1. The van der Waals surface area contributed by atoms with Gasteiger partial charge in [-0.3, -0.25) is 4.89 Å². The van der Waals surface area contributed by atoms with E-state index in [4.69, 9.17) is 13.8 Å². The molecule has 8 heteroatoms. The number of hydrogen-bond donors (Lipinski definition) is 1. The average molecular weight is 651 g/mol. The topological polar surface area (TPSA) is 68.9 Å². The first kappa shape index (κ1) is 34.7. The van der Waals surface area contributed by atoms with E-state index < -0.39 is 7.82 Å². The Morgan fingerprint density at radius 1 is 0.756 bits per heavy atom. The second-order valence-corrected chi connectivity index (χ2v) is 14.1. The van der Waals surface area contributed by atoms with Crippen molar-refractivity contribution in [1.29, 1.82) is 0 Å². The van der Waals surface area contributed by atoms with Crippen LogP contribution in [0.5, 0.6) is 17.2 Å². The predicted octanol–water partition coefficient (Wildman–Crippen LogP) is 10.7. The van der Waals surface area contributed by atoms with Gasteiger partial charge in [-0.15, -0.1) is 0 Å². The quantitative estimate of drug-likeness (QED) is 0.0552. The van der Waals surface area contributed by atoms with Gasteiger partial charge in [-0.25, -0.2) is 4.57 Å². The van der Waals surface area contributed by atoms with Crippen LogP contribution in [0.4, 0.5) is 0 Å². The van der Waals surface area contributed by atoms with Crippen LogP contribution in [-0.2, 0) is 11.1 Å². The molecule has 0 aliphatic rings. The number of thiazole rings is 1. The maximum Gasteiger partial charge on any atom is 0.584 e. The number of ether oxygens (including phenoxy) is 1. The van der Waals surface area contributed by atoms with Crippen LogP contribution in [0.15, 0.2) is 84.5 Å². The second-order valence-electron chi connectivity index (χ2n) is 11.7. The van der Waals surface area contributed by atoms with Gasteiger partial charge in [-0.1, -0.05) is 131 Å². The van der Waals surface area contributed by atoms with E-state index in [1.165, 1.54) is 69.1 Å². The number of aryl methyl sites for hydroxylation is 1. The molecule has 1 atom stereocenters. The van der Waals surface area contributed by atoms with E-state index in [0.29, 0.717) is 24.5 Å². The smallest absolute Gasteiger partial charge is 0.494 e. The second kappa shape index (κ2) is 18.8. The van der Waals surface area contributed by atoms with Crippen molar-refractivity contribution >= 4 is 19.2 Å². The predicted molar refractivity (Wildman–Crippen MR) is 184 cm³/mol. The first-order chi connectivity index (χ1) is 21.9. The minimum Gasteiger partial charge on any atom is -0.494 e. The Morgan fingerprint density at radius 3 is 2.11 bits per heavy atom. The van der Waals surface area contributed by atoms with E-state index in [-0.39, 0.29) is 11.5 Å². The Labute approximate surface area is 273 Å². The maximum absolute atomic E-state index is 13.2. The molecule has 0 aliphatic heterocycles. The molecule has 0 bridgehead atoms. The summed E-state index contributed by atoms with van der Waals surface area (Å²) in [6, 6.07) is 22.2. The van der Waals surface area contributed by atoms with Crippen molar-refractivity contribution in [2.75, 3.05) is 6.61 Å². The lowest BCUT2D eigenvalue weighted by Gasteiger charge is -2.18. The van der Waals surface area contributed by atoms with Crippen LogP contribution in [0.2, 0.25) is 0 Å². The van der Waals surface area contributed by atoms with Crippen molar-refractivity contribution in [2.45, 2.75) is 97.4 Å². The highest BCUT2D eigenvalue weighted by atomic mass is 32.1. The van der Waals surface area contributed by atoms with Crippen molar-refractivity contribution in [1.82, 2.24) is 0 Å². The lowest BCUT2D eigenvalue weighted by molar-refractivity contribution is -0.683. The number of unbranched alkanes of at least 4 members (excludes halogenated alkanes) is 11. The molecule has 0 radical (unpaired) electrons. The summed E-state index contributed by atoms with van der Waals surface area (Å²) >= 11 is 1.67. The monoisotopic (exact) mass is 650 g/mol. The molecular formula is C37H49NO5PS+. The van der Waals surface area contributed by atoms with Crippen LogP contribution >= 0.6 is 19.2 Å². The summed E-state index contributed by atoms with van der Waals surface area (Å²) in [7, 11) is -4.49. The summed E-state index contributed by atoms with van der Waals surface area (Å²) in [5.74, 6) is 1.23. The highest BCUT2D eigenvalue weighted by Gasteiger charge is 2.27. The number of nitrogens with zero attached hydrogens (tertiary/aromatic N) is 1. The summed E-state index contributed by atoms with van der Waals surface area (Å²) in [6.45, 7) is 5.59. The minimum atomic E-state index is -4.49. The third-order valence-corrected chi connectivity index (χ3v) is 9.44. The van der Waals surface area contributed by atoms with Gasteiger partial charge in [0.05, 0.1) is 11.5 Å². The highest BCUT2D eigenvalue weighted by Crippen LogP contribution is 2.47. The van der Waals surface area contributed by atoms with E-state index >= 15 is 0 Å². The Bertz CT molecular complexity index is 1470. The zero-order chi connectivity index (χ0) is 31.7. The van der Waals surface area contributed by atoms with Gasteiger partial charge in [0.1, 0.15) is 17.2 Å². The Kier molecular flexibility index (Phi) is 14.5. The van der Waals surface area contributed by atoms with Crippen molar-refractivity contribution in [3.8, 4) is 28.4 Å². The van der Waals surface area contributed by atoms with E-state index in [1.807, 2.05) is 54.0 Å². The molecule has 0 saturated carbocycles. The van der Waals surface area contributed by atoms with E-state index in [0.717, 1.165) is 24.0 Å². The minimum absolute atomic E-state index is 0.255. The van der Waals surface area contributed by atoms with E-state index in [1.54, 1.807) is 35.6 Å². The third-order valence-electron chi connectivity index (χ3n) is 7.72. The Morgan fingerprint density at radius 2 is 1.44 bits per heavy atom. The van der Waals surface area contributed by atoms with Crippen molar-refractivity contribution < 1.29 is 27.8 Å². The van der Waals surface area contributed by atoms with Gasteiger partial charge in [-0.05, 0) is 49.2 Å². The third kappa shape index (κ3) is 12.7. The maximum atomic E-state index is 13.2. The molecule has 0 amide bonds. The number of hydrogen-bond acceptors (Lipinski definition) is 5. The van der Waals surface area contributed by atoms with Crippen molar-refractivity contribution in [2.24, 2.45) is 0 Å². The number of rotatable bonds is 21. The fourth-order valence-electron chi connectivity index (χ4n) is 5.37. The summed E-state index contributed by atoms with van der Waals surface area (Å²) in [5, 5.41) is 0. The van der Waals surface area contributed by atoms with Crippen LogP contribution in [0, 0.1) is 6.92 Å². The molecule has 3 aromatic carbocycles. The summed E-state index contributed by atoms with van der Waals surface area (Å²) in [6.07, 6.45) is 17.6. The molecule has 242 valence electrons. The van der Waals surface area contributed by atoms with Gasteiger partial charge in [0.2, 0.25) is 5.51 Å². The lowest BCUT2D eigenvalue weighted by Crippen LogP contribution is -2.30. The van der Waals surface area contributed by atoms with Gasteiger partial charge in [0, 0.05) is 11.1 Å². The number of benzene rings is 3. The molecule has 1 aromatic heterocycles. The molecule has 6 nitrogen and oxygen atoms in total. The molecule has 0 aliphatic carbocycles. The normalized spacial score (nSPS) is 12.5. The van der Waals surface area contributed by atoms with Crippen molar-refractivity contribution in [3.05, 3.63) is 94.9 Å². The van der Waals surface area contributed by atoms with Crippen LogP contribution in [0.1, 0.15) is 94.4 Å². The molecule has 1 N–H and O–H groups in total. The molecule has 4 rings (SSSR count). The lowest BCUT2D eigenvalue weighted by atomic mass is 10.0. The Balaban J connectivity index is 1.28. The molecule has 4 aromatic rings. The van der Waals surface area contributed by atoms with Crippen molar-refractivity contribution in [3.63, 3.8) is 0 Å².